The molecule has 0 spiro atoms. The third kappa shape index (κ3) is 16.8. The summed E-state index contributed by atoms with van der Waals surface area (Å²) in [5.74, 6) is 0. The Morgan fingerprint density at radius 2 is 1.33 bits per heavy atom. The fourth-order valence-electron chi connectivity index (χ4n) is 1.66. The average molecular weight is 236 g/mol. The molecule has 0 heterocycles. The van der Waals surface area contributed by atoms with Crippen molar-refractivity contribution in [3.63, 3.8) is 0 Å². The van der Waals surface area contributed by atoms with Gasteiger partial charge in [-0.3, -0.25) is 4.70 Å². The summed E-state index contributed by atoms with van der Waals surface area (Å²) >= 11 is 0. The van der Waals surface area contributed by atoms with Crippen molar-refractivity contribution in [3.8, 4) is 0 Å². The summed E-state index contributed by atoms with van der Waals surface area (Å²) in [5, 5.41) is 0. The second kappa shape index (κ2) is 16.5. The van der Waals surface area contributed by atoms with Gasteiger partial charge in [-0.25, -0.2) is 0 Å². The quantitative estimate of drug-likeness (QED) is 0.391. The summed E-state index contributed by atoms with van der Waals surface area (Å²) in [5.41, 5.74) is 0. The molecule has 0 bridgehead atoms. The van der Waals surface area contributed by atoms with Crippen LogP contribution in [0, 0.1) is 0 Å². The van der Waals surface area contributed by atoms with E-state index >= 15 is 0 Å². The first kappa shape index (κ1) is 17.5. The van der Waals surface area contributed by atoms with Gasteiger partial charge in [0.2, 0.25) is 0 Å². The molecule has 0 saturated carbocycles. The van der Waals surface area contributed by atoms with Crippen molar-refractivity contribution in [1.82, 2.24) is 0 Å². The summed E-state index contributed by atoms with van der Waals surface area (Å²) in [6.07, 6.45) is 11.4. The van der Waals surface area contributed by atoms with Gasteiger partial charge in [-0.2, -0.15) is 0 Å². The second-order valence-electron chi connectivity index (χ2n) is 4.03. The molecule has 1 nitrogen and oxygen atoms in total. The predicted molar refractivity (Wildman–Crippen MR) is 70.1 cm³/mol. The van der Waals surface area contributed by atoms with Gasteiger partial charge < -0.3 is 4.43 Å². The van der Waals surface area contributed by atoms with Gasteiger partial charge >= 0.3 is 0 Å². The third-order valence-electron chi connectivity index (χ3n) is 2.60. The largest absolute Gasteiger partial charge is 0.424 e. The molecule has 0 aliphatic carbocycles. The Balaban J connectivity index is 0. The van der Waals surface area contributed by atoms with E-state index < -0.39 is 0 Å². The van der Waals surface area contributed by atoms with E-state index in [-0.39, 0.29) is 14.5 Å². The monoisotopic (exact) mass is 236 g/mol. The summed E-state index contributed by atoms with van der Waals surface area (Å²) in [6, 6.07) is 1.39. The minimum atomic E-state index is -0.136. The molecule has 0 aromatic rings. The molecule has 0 saturated heterocycles. The molecule has 0 atom stereocenters. The van der Waals surface area contributed by atoms with Gasteiger partial charge in [0.05, 0.1) is 0 Å². The van der Waals surface area contributed by atoms with Crippen molar-refractivity contribution < 1.29 is 9.13 Å². The Bertz CT molecular complexity index is 89.6. The van der Waals surface area contributed by atoms with E-state index in [0.717, 1.165) is 6.61 Å². The van der Waals surface area contributed by atoms with Crippen LogP contribution < -0.4 is 0 Å². The highest BCUT2D eigenvalue weighted by molar-refractivity contribution is 6.26. The minimum Gasteiger partial charge on any atom is -0.424 e. The molecule has 0 aliphatic heterocycles. The Morgan fingerprint density at radius 1 is 0.800 bits per heavy atom. The van der Waals surface area contributed by atoms with Crippen LogP contribution in [0.3, 0.4) is 0 Å². The summed E-state index contributed by atoms with van der Waals surface area (Å²) in [6.45, 7) is 5.31. The first-order valence-electron chi connectivity index (χ1n) is 6.49. The fraction of sp³-hybridized carbons (Fsp3) is 1.00. The van der Waals surface area contributed by atoms with Crippen LogP contribution in [0.2, 0.25) is 6.04 Å². The Hall–Kier alpha value is 0.107. The van der Waals surface area contributed by atoms with Crippen molar-refractivity contribution in [2.45, 2.75) is 71.3 Å². The maximum atomic E-state index is 5.43. The molecule has 0 radical (unpaired) electrons. The molecule has 3 heteroatoms. The topological polar surface area (TPSA) is 9.23 Å². The van der Waals surface area contributed by atoms with E-state index in [0.29, 0.717) is 0 Å². The Kier molecular flexibility index (Phi) is 19.3. The van der Waals surface area contributed by atoms with Gasteiger partial charge in [0, 0.05) is 6.61 Å². The van der Waals surface area contributed by atoms with E-state index in [1.165, 1.54) is 57.4 Å². The zero-order chi connectivity index (χ0) is 10.5. The van der Waals surface area contributed by atoms with Gasteiger partial charge in [-0.05, 0) is 13.0 Å². The van der Waals surface area contributed by atoms with Crippen LogP contribution >= 0.6 is 0 Å². The molecule has 0 aliphatic rings. The predicted octanol–water partition coefficient (Wildman–Crippen LogP) is 3.82. The van der Waals surface area contributed by atoms with Crippen LogP contribution in [-0.2, 0) is 4.43 Å². The van der Waals surface area contributed by atoms with Crippen molar-refractivity contribution in [2.24, 2.45) is 0 Å². The molecule has 0 rings (SSSR count). The summed E-state index contributed by atoms with van der Waals surface area (Å²) in [7, 11) is -0.136. The van der Waals surface area contributed by atoms with Gasteiger partial charge in [0.25, 0.3) is 0 Å². The Labute approximate surface area is 97.3 Å². The number of rotatable bonds is 11. The lowest BCUT2D eigenvalue weighted by Gasteiger charge is -2.01. The molecule has 0 aromatic heterocycles. The first-order chi connectivity index (χ1) is 6.91. The van der Waals surface area contributed by atoms with Crippen LogP contribution in [-0.4, -0.2) is 16.4 Å². The van der Waals surface area contributed by atoms with E-state index in [1.54, 1.807) is 0 Å². The molecule has 94 valence electrons. The summed E-state index contributed by atoms with van der Waals surface area (Å²) in [4.78, 5) is 0. The molecule has 0 aromatic carbocycles. The highest BCUT2D eigenvalue weighted by Gasteiger charge is 1.92. The van der Waals surface area contributed by atoms with Crippen molar-refractivity contribution in [2.75, 3.05) is 6.61 Å². The number of hydrogen-bond acceptors (Lipinski definition) is 1. The third-order valence-corrected chi connectivity index (χ3v) is 4.08. The Morgan fingerprint density at radius 3 is 1.87 bits per heavy atom. The lowest BCUT2D eigenvalue weighted by Crippen LogP contribution is -1.96. The molecule has 0 unspecified atom stereocenters. The van der Waals surface area contributed by atoms with Crippen molar-refractivity contribution in [3.05, 3.63) is 0 Å². The highest BCUT2D eigenvalue weighted by Crippen LogP contribution is 2.09. The minimum absolute atomic E-state index is 0. The second-order valence-corrected chi connectivity index (χ2v) is 5.55. The van der Waals surface area contributed by atoms with Crippen LogP contribution in [0.25, 0.3) is 0 Å². The van der Waals surface area contributed by atoms with E-state index in [1.807, 2.05) is 0 Å². The lowest BCUT2D eigenvalue weighted by molar-refractivity contribution is 0.358. The zero-order valence-corrected chi connectivity index (χ0v) is 12.0. The van der Waals surface area contributed by atoms with E-state index in [2.05, 4.69) is 13.8 Å². The molecule has 0 fully saturated rings. The number of hydrogen-bond donors (Lipinski definition) is 0. The fourth-order valence-corrected chi connectivity index (χ4v) is 2.71. The van der Waals surface area contributed by atoms with Crippen LogP contribution in [0.4, 0.5) is 4.70 Å². The van der Waals surface area contributed by atoms with Gasteiger partial charge in [-0.15, -0.1) is 0 Å². The highest BCUT2D eigenvalue weighted by atomic mass is 28.2. The standard InChI is InChI=1S/C12H28OSi.FH/c1-3-5-6-7-8-9-10-11-12-14-13-4-2;/h3-12,14H2,1-2H3;1H. The van der Waals surface area contributed by atoms with Crippen molar-refractivity contribution >= 4 is 9.76 Å². The SMILES string of the molecule is CCCCCCCCCC[SiH2]OCC.F. The smallest absolute Gasteiger partial charge is 0.161 e. The first-order valence-corrected chi connectivity index (χ1v) is 8.07. The summed E-state index contributed by atoms with van der Waals surface area (Å²) < 4.78 is 5.43. The zero-order valence-electron chi connectivity index (χ0n) is 10.6. The maximum Gasteiger partial charge on any atom is 0.161 e. The van der Waals surface area contributed by atoms with E-state index in [9.17, 15) is 0 Å². The lowest BCUT2D eigenvalue weighted by atomic mass is 10.1. The maximum absolute atomic E-state index is 5.43. The molecule has 15 heavy (non-hydrogen) atoms. The normalized spacial score (nSPS) is 10.8. The van der Waals surface area contributed by atoms with Gasteiger partial charge in [0.15, 0.2) is 9.76 Å². The van der Waals surface area contributed by atoms with Gasteiger partial charge in [-0.1, -0.05) is 58.3 Å². The number of unbranched alkanes of at least 4 members (excludes halogenated alkanes) is 7. The average Bonchev–Trinajstić information content (AvgIpc) is 2.21. The molecular formula is C12H29FOSi. The molecular weight excluding hydrogens is 207 g/mol. The van der Waals surface area contributed by atoms with Crippen LogP contribution in [0.1, 0.15) is 65.2 Å². The number of halogens is 1. The van der Waals surface area contributed by atoms with E-state index in [4.69, 9.17) is 4.43 Å². The van der Waals surface area contributed by atoms with Crippen molar-refractivity contribution in [1.29, 1.82) is 0 Å². The van der Waals surface area contributed by atoms with Crippen LogP contribution in [0.5, 0.6) is 0 Å². The molecule has 0 N–H and O–H groups in total. The van der Waals surface area contributed by atoms with Gasteiger partial charge in [0.1, 0.15) is 0 Å². The molecule has 0 amide bonds. The van der Waals surface area contributed by atoms with Crippen LogP contribution in [0.15, 0.2) is 0 Å².